The lowest BCUT2D eigenvalue weighted by Gasteiger charge is -2.32. The maximum atomic E-state index is 5.53. The highest BCUT2D eigenvalue weighted by Crippen LogP contribution is 2.41. The van der Waals surface area contributed by atoms with Crippen molar-refractivity contribution in [3.63, 3.8) is 0 Å². The number of hydrogen-bond acceptors (Lipinski definition) is 2. The summed E-state index contributed by atoms with van der Waals surface area (Å²) in [6.07, 6.45) is 8.24. The van der Waals surface area contributed by atoms with E-state index >= 15 is 0 Å². The Hall–Kier alpha value is -0.340. The monoisotopic (exact) mass is 168 g/mol. The van der Waals surface area contributed by atoms with E-state index in [0.29, 0.717) is 11.5 Å². The van der Waals surface area contributed by atoms with Crippen LogP contribution in [0.4, 0.5) is 0 Å². The topological polar surface area (TPSA) is 38.0 Å². The van der Waals surface area contributed by atoms with Gasteiger partial charge in [0, 0.05) is 6.04 Å². The van der Waals surface area contributed by atoms with Gasteiger partial charge in [-0.3, -0.25) is 11.3 Å². The standard InChI is InChI=1S/C10H20N2/c1-3-6-9(12-11)10(2)7-4-5-8-10/h3,9,12H,1,4-8,11H2,2H3. The van der Waals surface area contributed by atoms with E-state index in [1.54, 1.807) is 0 Å². The van der Waals surface area contributed by atoms with Crippen LogP contribution < -0.4 is 11.3 Å². The van der Waals surface area contributed by atoms with Crippen molar-refractivity contribution in [3.05, 3.63) is 12.7 Å². The van der Waals surface area contributed by atoms with Crippen LogP contribution in [0.25, 0.3) is 0 Å². The number of rotatable bonds is 4. The third kappa shape index (κ3) is 1.87. The summed E-state index contributed by atoms with van der Waals surface area (Å²) >= 11 is 0. The van der Waals surface area contributed by atoms with Gasteiger partial charge in [0.1, 0.15) is 0 Å². The molecule has 0 saturated heterocycles. The molecule has 1 aliphatic rings. The summed E-state index contributed by atoms with van der Waals surface area (Å²) < 4.78 is 0. The highest BCUT2D eigenvalue weighted by Gasteiger charge is 2.35. The van der Waals surface area contributed by atoms with Crippen LogP contribution >= 0.6 is 0 Å². The molecule has 0 heterocycles. The van der Waals surface area contributed by atoms with Gasteiger partial charge in [-0.2, -0.15) is 0 Å². The van der Waals surface area contributed by atoms with Gasteiger partial charge in [-0.25, -0.2) is 0 Å². The third-order valence-corrected chi connectivity index (χ3v) is 3.19. The maximum absolute atomic E-state index is 5.53. The summed E-state index contributed by atoms with van der Waals surface area (Å²) in [5, 5.41) is 0. The van der Waals surface area contributed by atoms with Crippen LogP contribution in [0.15, 0.2) is 12.7 Å². The van der Waals surface area contributed by atoms with E-state index in [-0.39, 0.29) is 0 Å². The molecule has 1 atom stereocenters. The van der Waals surface area contributed by atoms with Crippen LogP contribution in [0, 0.1) is 5.41 Å². The van der Waals surface area contributed by atoms with E-state index in [4.69, 9.17) is 5.84 Å². The predicted octanol–water partition coefficient (Wildman–Crippen LogP) is 1.97. The minimum Gasteiger partial charge on any atom is -0.271 e. The second kappa shape index (κ2) is 4.06. The van der Waals surface area contributed by atoms with Crippen LogP contribution in [0.5, 0.6) is 0 Å². The zero-order chi connectivity index (χ0) is 9.03. The molecule has 70 valence electrons. The first kappa shape index (κ1) is 9.75. The quantitative estimate of drug-likeness (QED) is 0.382. The summed E-state index contributed by atoms with van der Waals surface area (Å²) in [5.41, 5.74) is 3.32. The Kier molecular flexibility index (Phi) is 3.29. The molecule has 2 heteroatoms. The van der Waals surface area contributed by atoms with Crippen molar-refractivity contribution < 1.29 is 0 Å². The summed E-state index contributed by atoms with van der Waals surface area (Å²) in [6, 6.07) is 0.414. The zero-order valence-corrected chi connectivity index (χ0v) is 7.97. The van der Waals surface area contributed by atoms with Gasteiger partial charge in [-0.05, 0) is 24.7 Å². The Morgan fingerprint density at radius 3 is 2.58 bits per heavy atom. The Morgan fingerprint density at radius 2 is 2.17 bits per heavy atom. The Morgan fingerprint density at radius 1 is 1.58 bits per heavy atom. The lowest BCUT2D eigenvalue weighted by Crippen LogP contribution is -2.45. The lowest BCUT2D eigenvalue weighted by molar-refractivity contribution is 0.223. The van der Waals surface area contributed by atoms with Crippen LogP contribution in [0.3, 0.4) is 0 Å². The number of nitrogens with one attached hydrogen (secondary N) is 1. The van der Waals surface area contributed by atoms with E-state index in [2.05, 4.69) is 18.9 Å². The smallest absolute Gasteiger partial charge is 0.0298 e. The van der Waals surface area contributed by atoms with E-state index in [0.717, 1.165) is 6.42 Å². The summed E-state index contributed by atoms with van der Waals surface area (Å²) in [4.78, 5) is 0. The van der Waals surface area contributed by atoms with Gasteiger partial charge in [0.25, 0.3) is 0 Å². The number of hydrogen-bond donors (Lipinski definition) is 2. The second-order valence-corrected chi connectivity index (χ2v) is 4.10. The van der Waals surface area contributed by atoms with E-state index in [9.17, 15) is 0 Å². The van der Waals surface area contributed by atoms with E-state index < -0.39 is 0 Å². The highest BCUT2D eigenvalue weighted by atomic mass is 15.2. The van der Waals surface area contributed by atoms with Gasteiger partial charge < -0.3 is 0 Å². The molecule has 1 unspecified atom stereocenters. The molecule has 12 heavy (non-hydrogen) atoms. The van der Waals surface area contributed by atoms with E-state index in [1.807, 2.05) is 6.08 Å². The van der Waals surface area contributed by atoms with Crippen LogP contribution in [-0.4, -0.2) is 6.04 Å². The second-order valence-electron chi connectivity index (χ2n) is 4.10. The predicted molar refractivity (Wildman–Crippen MR) is 52.5 cm³/mol. The molecule has 3 N–H and O–H groups in total. The molecule has 0 aromatic heterocycles. The molecule has 0 radical (unpaired) electrons. The molecule has 0 bridgehead atoms. The van der Waals surface area contributed by atoms with Crippen molar-refractivity contribution >= 4 is 0 Å². The molecular weight excluding hydrogens is 148 g/mol. The molecule has 1 aliphatic carbocycles. The maximum Gasteiger partial charge on any atom is 0.0298 e. The van der Waals surface area contributed by atoms with Crippen molar-refractivity contribution in [3.8, 4) is 0 Å². The summed E-state index contributed by atoms with van der Waals surface area (Å²) in [7, 11) is 0. The van der Waals surface area contributed by atoms with Crippen molar-refractivity contribution in [2.24, 2.45) is 11.3 Å². The summed E-state index contributed by atoms with van der Waals surface area (Å²) in [5.74, 6) is 5.53. The fourth-order valence-corrected chi connectivity index (χ4v) is 2.25. The molecule has 2 nitrogen and oxygen atoms in total. The highest BCUT2D eigenvalue weighted by molar-refractivity contribution is 4.93. The first-order valence-corrected chi connectivity index (χ1v) is 4.80. The first-order chi connectivity index (χ1) is 5.73. The average molecular weight is 168 g/mol. The molecule has 1 fully saturated rings. The number of hydrazine groups is 1. The largest absolute Gasteiger partial charge is 0.271 e. The van der Waals surface area contributed by atoms with Gasteiger partial charge >= 0.3 is 0 Å². The van der Waals surface area contributed by atoms with Crippen molar-refractivity contribution in [2.75, 3.05) is 0 Å². The van der Waals surface area contributed by atoms with Crippen molar-refractivity contribution in [1.29, 1.82) is 0 Å². The zero-order valence-electron chi connectivity index (χ0n) is 7.97. The van der Waals surface area contributed by atoms with Crippen LogP contribution in [0.2, 0.25) is 0 Å². The lowest BCUT2D eigenvalue weighted by atomic mass is 9.79. The van der Waals surface area contributed by atoms with Gasteiger partial charge in [0.15, 0.2) is 0 Å². The van der Waals surface area contributed by atoms with Crippen LogP contribution in [0.1, 0.15) is 39.0 Å². The van der Waals surface area contributed by atoms with Gasteiger partial charge in [-0.1, -0.05) is 25.8 Å². The number of nitrogens with two attached hydrogens (primary N) is 1. The SMILES string of the molecule is C=CCC(NN)C1(C)CCCC1. The van der Waals surface area contributed by atoms with Gasteiger partial charge in [0.05, 0.1) is 0 Å². The summed E-state index contributed by atoms with van der Waals surface area (Å²) in [6.45, 7) is 6.08. The van der Waals surface area contributed by atoms with Gasteiger partial charge in [0.2, 0.25) is 0 Å². The van der Waals surface area contributed by atoms with Gasteiger partial charge in [-0.15, -0.1) is 6.58 Å². The minimum absolute atomic E-state index is 0.406. The third-order valence-electron chi connectivity index (χ3n) is 3.19. The first-order valence-electron chi connectivity index (χ1n) is 4.80. The molecule has 0 amide bonds. The molecule has 1 saturated carbocycles. The molecule has 0 aliphatic heterocycles. The molecule has 1 rings (SSSR count). The Labute approximate surface area is 75.2 Å². The fraction of sp³-hybridized carbons (Fsp3) is 0.800. The fourth-order valence-electron chi connectivity index (χ4n) is 2.25. The van der Waals surface area contributed by atoms with Crippen LogP contribution in [-0.2, 0) is 0 Å². The Balaban J connectivity index is 2.55. The van der Waals surface area contributed by atoms with E-state index in [1.165, 1.54) is 25.7 Å². The molecule has 0 spiro atoms. The van der Waals surface area contributed by atoms with Crippen molar-refractivity contribution in [1.82, 2.24) is 5.43 Å². The normalized spacial score (nSPS) is 23.8. The average Bonchev–Trinajstić information content (AvgIpc) is 2.49. The molecule has 0 aromatic rings. The molecular formula is C10H20N2. The van der Waals surface area contributed by atoms with Crippen molar-refractivity contribution in [2.45, 2.75) is 45.1 Å². The molecule has 0 aromatic carbocycles. The Bertz CT molecular complexity index is 148. The minimum atomic E-state index is 0.406.